The number of nitrogens with two attached hydrogens (primary N) is 2. The monoisotopic (exact) mass is 1340 g/mol. The smallest absolute Gasteiger partial charge is 0.485 e. The molecule has 89 heavy (non-hydrogen) atoms. The molecular weight excluding hydrogens is 1290 g/mol. The van der Waals surface area contributed by atoms with Crippen LogP contribution in [0.25, 0.3) is 0 Å². The first-order valence-corrected chi connectivity index (χ1v) is 29.9. The van der Waals surface area contributed by atoms with E-state index in [1.54, 1.807) is 59.3 Å². The van der Waals surface area contributed by atoms with E-state index in [0.29, 0.717) is 45.9 Å². The minimum absolute atomic E-state index is 0.0679. The Morgan fingerprint density at radius 3 is 1.25 bits per heavy atom. The number of carboxylic acids is 3. The van der Waals surface area contributed by atoms with Crippen LogP contribution in [0.1, 0.15) is 11.4 Å². The molecule has 4 aromatic heterocycles. The van der Waals surface area contributed by atoms with Crippen LogP contribution in [0.2, 0.25) is 0 Å². The van der Waals surface area contributed by atoms with E-state index in [9.17, 15) is 65.3 Å². The van der Waals surface area contributed by atoms with Crippen LogP contribution < -0.4 is 46.0 Å². The second-order valence-electron chi connectivity index (χ2n) is 17.8. The maximum atomic E-state index is 13.2. The first kappa shape index (κ1) is 67.0. The van der Waals surface area contributed by atoms with Crippen LogP contribution in [-0.2, 0) is 56.8 Å². The van der Waals surface area contributed by atoms with Gasteiger partial charge in [0.1, 0.15) is 40.8 Å². The summed E-state index contributed by atoms with van der Waals surface area (Å²) in [7, 11) is -6.09. The number of para-hydroxylation sites is 2. The highest BCUT2D eigenvalue weighted by atomic mass is 32.2. The Bertz CT molecular complexity index is 3650. The van der Waals surface area contributed by atoms with Crippen LogP contribution in [0, 0.1) is 0 Å². The number of thiazole rings is 2. The lowest BCUT2D eigenvalue weighted by Crippen LogP contribution is -2.73. The van der Waals surface area contributed by atoms with Crippen molar-refractivity contribution in [2.75, 3.05) is 23.0 Å². The number of alkyl halides is 6. The third-order valence-electron chi connectivity index (χ3n) is 11.9. The summed E-state index contributed by atoms with van der Waals surface area (Å²) < 4.78 is 94.1. The first-order valence-electron chi connectivity index (χ1n) is 24.7. The molecule has 4 aliphatic rings. The number of carboxylic acid groups (broad SMARTS) is 3. The highest BCUT2D eigenvalue weighted by molar-refractivity contribution is 8.03. The van der Waals surface area contributed by atoms with Crippen molar-refractivity contribution in [1.29, 1.82) is 0 Å². The van der Waals surface area contributed by atoms with Gasteiger partial charge in [-0.1, -0.05) is 58.8 Å². The number of carbonyl (C=O) groups is 7. The molecule has 4 unspecified atom stereocenters. The van der Waals surface area contributed by atoms with Gasteiger partial charge in [-0.2, -0.15) is 26.3 Å². The molecule has 2 aromatic carbocycles. The number of oxime groups is 2. The zero-order valence-corrected chi connectivity index (χ0v) is 48.7. The molecule has 0 spiro atoms. The molecule has 468 valence electrons. The lowest BCUT2D eigenvalue weighted by Gasteiger charge is -2.49. The van der Waals surface area contributed by atoms with E-state index in [1.807, 2.05) is 82.5 Å². The summed E-state index contributed by atoms with van der Waals surface area (Å²) in [5, 5.41) is 45.5. The van der Waals surface area contributed by atoms with Crippen LogP contribution in [0.5, 0.6) is 11.5 Å². The molecule has 0 saturated carbocycles. The molecule has 2 saturated heterocycles. The number of fused-ring (bicyclic) bond motifs is 2. The van der Waals surface area contributed by atoms with Crippen LogP contribution in [0.15, 0.2) is 164 Å². The maximum Gasteiger partial charge on any atom is 0.485 e. The van der Waals surface area contributed by atoms with Crippen molar-refractivity contribution >= 4 is 120 Å². The van der Waals surface area contributed by atoms with Gasteiger partial charge in [0.05, 0.1) is 21.9 Å². The topological polar surface area (TPSA) is 400 Å². The minimum Gasteiger partial charge on any atom is -0.741 e. The fourth-order valence-electron chi connectivity index (χ4n) is 7.95. The fraction of sp³-hybridized carbons (Fsp3) is 0.196. The van der Waals surface area contributed by atoms with Crippen molar-refractivity contribution in [1.82, 2.24) is 30.4 Å². The van der Waals surface area contributed by atoms with Crippen molar-refractivity contribution < 1.29 is 107 Å². The number of hydrogen-bond donors (Lipinski definition) is 6. The van der Waals surface area contributed by atoms with Crippen molar-refractivity contribution in [3.05, 3.63) is 165 Å². The highest BCUT2D eigenvalue weighted by Crippen LogP contribution is 2.41. The van der Waals surface area contributed by atoms with Crippen LogP contribution in [0.3, 0.4) is 0 Å². The summed E-state index contributed by atoms with van der Waals surface area (Å²) in [6.07, 6.45) is 2.10. The van der Waals surface area contributed by atoms with Gasteiger partial charge in [-0.05, 0) is 24.3 Å². The molecule has 0 bridgehead atoms. The van der Waals surface area contributed by atoms with E-state index in [2.05, 4.69) is 30.9 Å². The van der Waals surface area contributed by atoms with E-state index in [4.69, 9.17) is 44.0 Å². The van der Waals surface area contributed by atoms with Gasteiger partial charge >= 0.3 is 23.6 Å². The number of carbonyl (C=O) groups excluding carboxylic acids is 5. The zero-order chi connectivity index (χ0) is 65.0. The lowest BCUT2D eigenvalue weighted by molar-refractivity contribution is -0.688. The highest BCUT2D eigenvalue weighted by Gasteiger charge is 2.56. The predicted octanol–water partition coefficient (Wildman–Crippen LogP) is 1.82. The third kappa shape index (κ3) is 17.2. The van der Waals surface area contributed by atoms with E-state index < -0.39 is 87.5 Å². The molecule has 27 nitrogen and oxygen atoms in total. The third-order valence-corrected chi connectivity index (χ3v) is 16.2. The van der Waals surface area contributed by atoms with Crippen LogP contribution in [-0.4, -0.2) is 143 Å². The number of β-lactam (4-membered cyclic amide) rings is 2. The number of halogens is 6. The lowest BCUT2D eigenvalue weighted by atomic mass is 9.94. The number of pyridine rings is 2. The van der Waals surface area contributed by atoms with Crippen molar-refractivity contribution in [2.24, 2.45) is 10.3 Å². The summed E-state index contributed by atoms with van der Waals surface area (Å²) >= 11 is 4.98. The zero-order valence-electron chi connectivity index (χ0n) is 44.6. The van der Waals surface area contributed by atoms with Gasteiger partial charge in [0.25, 0.3) is 23.6 Å². The number of allylic oxidation sites excluding steroid dienone is 2. The number of thioether (sulfide) groups is 2. The summed E-state index contributed by atoms with van der Waals surface area (Å²) in [6.45, 7) is 0.638. The number of rotatable bonds is 16. The summed E-state index contributed by atoms with van der Waals surface area (Å²) in [5.74, 6) is -6.12. The molecule has 6 aromatic rings. The van der Waals surface area contributed by atoms with E-state index in [0.717, 1.165) is 22.7 Å². The number of nitrogens with zero attached hydrogens (tertiary/aromatic N) is 8. The van der Waals surface area contributed by atoms with Gasteiger partial charge in [-0.15, -0.1) is 46.2 Å². The average molecular weight is 1340 g/mol. The molecule has 38 heteroatoms. The summed E-state index contributed by atoms with van der Waals surface area (Å²) in [4.78, 5) is 108. The number of nitrogen functional groups attached to an aromatic ring is 2. The standard InChI is InChI=1S/2C24H20N6O5S2.C2HF3O2.CHF3O3S/c2*25-24-26-15(12-37-24)18(28-35-14-7-3-1-4-8-14)21(31)27-19-16-13-36-17(11-29-9-5-2-6-10-29)20(23(33)34)30(16)22(19)32;3-2(4,5)1(6)7;2-1(3,4)8(5,6)7/h2*1-10,12,16,19H,11,13H2,(H3-,25,26,27,31,33,34);(H,6,7);(H,5,6,7). The molecule has 4 amide bonds. The van der Waals surface area contributed by atoms with Gasteiger partial charge in [-0.25, -0.2) is 37.1 Å². The molecule has 2 fully saturated rings. The number of aromatic nitrogens is 4. The Labute approximate surface area is 513 Å². The van der Waals surface area contributed by atoms with Gasteiger partial charge in [-0.3, -0.25) is 29.0 Å². The average Bonchev–Trinajstić information content (AvgIpc) is 1.10. The number of anilines is 2. The van der Waals surface area contributed by atoms with Crippen LogP contribution >= 0.6 is 46.2 Å². The number of aliphatic carboxylic acids is 3. The van der Waals surface area contributed by atoms with Gasteiger partial charge in [0.2, 0.25) is 0 Å². The Morgan fingerprint density at radius 1 is 0.640 bits per heavy atom. The van der Waals surface area contributed by atoms with Gasteiger partial charge in [0.15, 0.2) is 81.2 Å². The molecule has 0 aliphatic carbocycles. The Morgan fingerprint density at radius 2 is 0.966 bits per heavy atom. The number of benzene rings is 2. The number of amides is 4. The van der Waals surface area contributed by atoms with Crippen LogP contribution in [0.4, 0.5) is 36.6 Å². The molecule has 8 N–H and O–H groups in total. The Hall–Kier alpha value is -9.50. The minimum atomic E-state index is -6.09. The first-order chi connectivity index (χ1) is 42.0. The van der Waals surface area contributed by atoms with E-state index >= 15 is 0 Å². The Kier molecular flexibility index (Phi) is 21.8. The quantitative estimate of drug-likeness (QED) is 0.0153. The van der Waals surface area contributed by atoms with E-state index in [-0.39, 0.29) is 44.5 Å². The van der Waals surface area contributed by atoms with Gasteiger partial charge in [0, 0.05) is 46.5 Å². The normalized spacial score (nSPS) is 18.1. The molecule has 8 heterocycles. The molecule has 10 rings (SSSR count). The number of hydrogen-bond acceptors (Lipinski definition) is 23. The van der Waals surface area contributed by atoms with Gasteiger partial charge < -0.3 is 56.4 Å². The van der Waals surface area contributed by atoms with Crippen molar-refractivity contribution in [3.63, 3.8) is 0 Å². The predicted molar refractivity (Wildman–Crippen MR) is 300 cm³/mol. The maximum absolute atomic E-state index is 13.2. The second kappa shape index (κ2) is 29.0. The molecular formula is C51H42F6N12O15S5. The SMILES string of the molecule is Nc1nc(C(=NOc2ccccc2)C(=O)NC2C(=O)N3C(C(=O)O)=C(C[n+]4ccccc4)SCC23)cs1.Nc1nc(C(=NOc2ccccc2)C(=O)NC2C(=O)N3C(C(=O)O)=C(C[n+]4ccccc4)SCC23)cs1.O=C([O-])C(F)(F)F.O=S(=O)([O-])C(F)(F)F. The van der Waals surface area contributed by atoms with Crippen molar-refractivity contribution in [3.8, 4) is 11.5 Å². The Balaban J connectivity index is 0.000000206. The largest absolute Gasteiger partial charge is 0.741 e. The summed E-state index contributed by atoms with van der Waals surface area (Å²) in [5.41, 5.74) is 5.79. The fourth-order valence-corrected chi connectivity index (χ4v) is 11.6. The van der Waals surface area contributed by atoms with E-state index in [1.165, 1.54) is 33.3 Å². The molecule has 4 atom stereocenters. The molecule has 4 aliphatic heterocycles. The number of nitrogens with one attached hydrogen (secondary N) is 2. The molecule has 0 radical (unpaired) electrons. The van der Waals surface area contributed by atoms with Crippen molar-refractivity contribution in [2.45, 2.75) is 48.9 Å². The summed E-state index contributed by atoms with van der Waals surface area (Å²) in [6, 6.07) is 25.6. The second-order valence-corrected chi connectivity index (χ2v) is 23.2.